The number of nitrogens with one attached hydrogen (secondary N) is 1. The van der Waals surface area contributed by atoms with Crippen LogP contribution >= 0.6 is 11.6 Å². The van der Waals surface area contributed by atoms with Crippen molar-refractivity contribution in [3.05, 3.63) is 77.3 Å². The van der Waals surface area contributed by atoms with Gasteiger partial charge in [-0.15, -0.1) is 0 Å². The monoisotopic (exact) mass is 354 g/mol. The SMILES string of the molecule is CC(NC(=O)CCc1ccccc1Cl)c1ccc(-n2cncn2)cc1. The van der Waals surface area contributed by atoms with E-state index in [1.165, 1.54) is 6.33 Å². The van der Waals surface area contributed by atoms with Crippen LogP contribution in [0.3, 0.4) is 0 Å². The van der Waals surface area contributed by atoms with Crippen molar-refractivity contribution in [3.8, 4) is 5.69 Å². The zero-order chi connectivity index (χ0) is 17.6. The van der Waals surface area contributed by atoms with Gasteiger partial charge in [-0.1, -0.05) is 41.9 Å². The Morgan fingerprint density at radius 3 is 2.64 bits per heavy atom. The van der Waals surface area contributed by atoms with Crippen LogP contribution < -0.4 is 5.32 Å². The van der Waals surface area contributed by atoms with E-state index in [4.69, 9.17) is 11.6 Å². The molecule has 0 aliphatic heterocycles. The molecule has 1 unspecified atom stereocenters. The topological polar surface area (TPSA) is 59.8 Å². The molecule has 0 saturated carbocycles. The van der Waals surface area contributed by atoms with E-state index in [-0.39, 0.29) is 11.9 Å². The first-order valence-electron chi connectivity index (χ1n) is 8.11. The van der Waals surface area contributed by atoms with Crippen LogP contribution in [0.5, 0.6) is 0 Å². The Kier molecular flexibility index (Phi) is 5.46. The van der Waals surface area contributed by atoms with Crippen molar-refractivity contribution in [1.29, 1.82) is 0 Å². The summed E-state index contributed by atoms with van der Waals surface area (Å²) in [5.41, 5.74) is 2.96. The van der Waals surface area contributed by atoms with E-state index in [2.05, 4.69) is 15.4 Å². The van der Waals surface area contributed by atoms with Crippen molar-refractivity contribution in [3.63, 3.8) is 0 Å². The average molecular weight is 355 g/mol. The molecule has 0 spiro atoms. The van der Waals surface area contributed by atoms with Crippen LogP contribution in [0.25, 0.3) is 5.69 Å². The van der Waals surface area contributed by atoms with Crippen molar-refractivity contribution in [2.45, 2.75) is 25.8 Å². The summed E-state index contributed by atoms with van der Waals surface area (Å²) < 4.78 is 1.69. The standard InChI is InChI=1S/C19H19ClN4O/c1-14(15-6-9-17(10-7-15)24-13-21-12-22-24)23-19(25)11-8-16-4-2-3-5-18(16)20/h2-7,9-10,12-14H,8,11H2,1H3,(H,23,25). The van der Waals surface area contributed by atoms with Gasteiger partial charge in [0.2, 0.25) is 5.91 Å². The number of amides is 1. The van der Waals surface area contributed by atoms with Gasteiger partial charge < -0.3 is 5.32 Å². The maximum Gasteiger partial charge on any atom is 0.220 e. The van der Waals surface area contributed by atoms with Crippen molar-refractivity contribution >= 4 is 17.5 Å². The molecule has 0 aliphatic carbocycles. The highest BCUT2D eigenvalue weighted by Crippen LogP contribution is 2.18. The second-order valence-electron chi connectivity index (χ2n) is 5.81. The van der Waals surface area contributed by atoms with Gasteiger partial charge in [0.15, 0.2) is 0 Å². The first-order valence-corrected chi connectivity index (χ1v) is 8.49. The maximum absolute atomic E-state index is 12.2. The largest absolute Gasteiger partial charge is 0.350 e. The Bertz CT molecular complexity index is 831. The molecule has 0 aliphatic rings. The Hall–Kier alpha value is -2.66. The average Bonchev–Trinajstić information content (AvgIpc) is 3.16. The van der Waals surface area contributed by atoms with Gasteiger partial charge in [-0.25, -0.2) is 9.67 Å². The minimum Gasteiger partial charge on any atom is -0.350 e. The number of rotatable bonds is 6. The minimum atomic E-state index is -0.0662. The van der Waals surface area contributed by atoms with Crippen molar-refractivity contribution in [2.75, 3.05) is 0 Å². The molecule has 3 aromatic rings. The molecule has 0 bridgehead atoms. The molecule has 1 N–H and O–H groups in total. The molecule has 3 rings (SSSR count). The van der Waals surface area contributed by atoms with Gasteiger partial charge in [-0.05, 0) is 42.7 Å². The maximum atomic E-state index is 12.2. The Balaban J connectivity index is 1.55. The van der Waals surface area contributed by atoms with Gasteiger partial charge in [0.1, 0.15) is 12.7 Å². The van der Waals surface area contributed by atoms with Gasteiger partial charge in [-0.2, -0.15) is 5.10 Å². The van der Waals surface area contributed by atoms with Crippen molar-refractivity contribution in [2.24, 2.45) is 0 Å². The molecule has 2 aromatic carbocycles. The number of hydrogen-bond donors (Lipinski definition) is 1. The normalized spacial score (nSPS) is 11.9. The predicted octanol–water partition coefficient (Wildman–Crippen LogP) is 3.73. The van der Waals surface area contributed by atoms with E-state index in [0.717, 1.165) is 16.8 Å². The summed E-state index contributed by atoms with van der Waals surface area (Å²) in [7, 11) is 0. The highest BCUT2D eigenvalue weighted by molar-refractivity contribution is 6.31. The first-order chi connectivity index (χ1) is 12.1. The third-order valence-electron chi connectivity index (χ3n) is 4.03. The molecular weight excluding hydrogens is 336 g/mol. The summed E-state index contributed by atoms with van der Waals surface area (Å²) in [4.78, 5) is 16.1. The zero-order valence-corrected chi connectivity index (χ0v) is 14.6. The van der Waals surface area contributed by atoms with E-state index in [1.807, 2.05) is 55.5 Å². The predicted molar refractivity (Wildman–Crippen MR) is 97.7 cm³/mol. The molecule has 0 fully saturated rings. The van der Waals surface area contributed by atoms with Crippen LogP contribution in [0.2, 0.25) is 5.02 Å². The van der Waals surface area contributed by atoms with Crippen LogP contribution in [0, 0.1) is 0 Å². The molecule has 0 radical (unpaired) electrons. The number of carbonyl (C=O) groups is 1. The lowest BCUT2D eigenvalue weighted by Gasteiger charge is -2.15. The lowest BCUT2D eigenvalue weighted by Crippen LogP contribution is -2.26. The van der Waals surface area contributed by atoms with Crippen LogP contribution in [-0.2, 0) is 11.2 Å². The quantitative estimate of drug-likeness (QED) is 0.733. The van der Waals surface area contributed by atoms with Crippen LogP contribution in [-0.4, -0.2) is 20.7 Å². The van der Waals surface area contributed by atoms with E-state index in [1.54, 1.807) is 11.0 Å². The number of carbonyl (C=O) groups excluding carboxylic acids is 1. The Morgan fingerprint density at radius 2 is 1.96 bits per heavy atom. The molecule has 128 valence electrons. The number of aromatic nitrogens is 3. The van der Waals surface area contributed by atoms with Gasteiger partial charge in [0.05, 0.1) is 11.7 Å². The minimum absolute atomic E-state index is 0.00720. The molecule has 1 atom stereocenters. The highest BCUT2D eigenvalue weighted by Gasteiger charge is 2.11. The summed E-state index contributed by atoms with van der Waals surface area (Å²) in [6.07, 6.45) is 4.18. The first kappa shape index (κ1) is 17.2. The van der Waals surface area contributed by atoms with Crippen molar-refractivity contribution in [1.82, 2.24) is 20.1 Å². The molecular formula is C19H19ClN4O. The molecule has 25 heavy (non-hydrogen) atoms. The fraction of sp³-hybridized carbons (Fsp3) is 0.211. The lowest BCUT2D eigenvalue weighted by molar-refractivity contribution is -0.121. The molecule has 1 amide bonds. The van der Waals surface area contributed by atoms with Gasteiger partial charge in [0, 0.05) is 11.4 Å². The summed E-state index contributed by atoms with van der Waals surface area (Å²) in [5, 5.41) is 7.82. The van der Waals surface area contributed by atoms with Gasteiger partial charge in [-0.3, -0.25) is 4.79 Å². The smallest absolute Gasteiger partial charge is 0.220 e. The van der Waals surface area contributed by atoms with Gasteiger partial charge in [0.25, 0.3) is 0 Å². The van der Waals surface area contributed by atoms with Crippen LogP contribution in [0.1, 0.15) is 30.5 Å². The Morgan fingerprint density at radius 1 is 1.20 bits per heavy atom. The molecule has 1 heterocycles. The van der Waals surface area contributed by atoms with Crippen molar-refractivity contribution < 1.29 is 4.79 Å². The number of hydrogen-bond acceptors (Lipinski definition) is 3. The molecule has 1 aromatic heterocycles. The second-order valence-corrected chi connectivity index (χ2v) is 6.22. The summed E-state index contributed by atoms with van der Waals surface area (Å²) in [5.74, 6) is 0.00720. The third-order valence-corrected chi connectivity index (χ3v) is 4.40. The summed E-state index contributed by atoms with van der Waals surface area (Å²) >= 11 is 6.12. The number of aryl methyl sites for hydroxylation is 1. The van der Waals surface area contributed by atoms with E-state index >= 15 is 0 Å². The fourth-order valence-corrected chi connectivity index (χ4v) is 2.83. The Labute approximate surface area is 151 Å². The van der Waals surface area contributed by atoms with Gasteiger partial charge >= 0.3 is 0 Å². The molecule has 0 saturated heterocycles. The lowest BCUT2D eigenvalue weighted by atomic mass is 10.1. The van der Waals surface area contributed by atoms with E-state index < -0.39 is 0 Å². The second kappa shape index (κ2) is 7.94. The fourth-order valence-electron chi connectivity index (χ4n) is 2.60. The number of halogens is 1. The van der Waals surface area contributed by atoms with E-state index in [0.29, 0.717) is 17.9 Å². The third kappa shape index (κ3) is 4.45. The highest BCUT2D eigenvalue weighted by atomic mass is 35.5. The van der Waals surface area contributed by atoms with E-state index in [9.17, 15) is 4.79 Å². The molecule has 6 heteroatoms. The summed E-state index contributed by atoms with van der Waals surface area (Å²) in [6, 6.07) is 15.4. The number of benzene rings is 2. The van der Waals surface area contributed by atoms with Crippen LogP contribution in [0.15, 0.2) is 61.2 Å². The number of nitrogens with zero attached hydrogens (tertiary/aromatic N) is 3. The van der Waals surface area contributed by atoms with Crippen LogP contribution in [0.4, 0.5) is 0 Å². The molecule has 5 nitrogen and oxygen atoms in total. The zero-order valence-electron chi connectivity index (χ0n) is 13.9. The summed E-state index contributed by atoms with van der Waals surface area (Å²) in [6.45, 7) is 1.97.